The van der Waals surface area contributed by atoms with Crippen molar-refractivity contribution in [2.45, 2.75) is 6.92 Å². The zero-order valence-corrected chi connectivity index (χ0v) is 14.5. The van der Waals surface area contributed by atoms with E-state index in [0.717, 1.165) is 5.39 Å². The molecule has 0 aliphatic carbocycles. The Morgan fingerprint density at radius 1 is 1.00 bits per heavy atom. The van der Waals surface area contributed by atoms with Crippen LogP contribution in [0.3, 0.4) is 0 Å². The summed E-state index contributed by atoms with van der Waals surface area (Å²) in [6.07, 6.45) is 0. The van der Waals surface area contributed by atoms with Gasteiger partial charge in [-0.2, -0.15) is 0 Å². The summed E-state index contributed by atoms with van der Waals surface area (Å²) < 4.78 is 23.9. The fourth-order valence-corrected chi connectivity index (χ4v) is 3.17. The molecule has 0 atom stereocenters. The van der Waals surface area contributed by atoms with Crippen molar-refractivity contribution in [3.63, 3.8) is 0 Å². The number of para-hydroxylation sites is 1. The first-order valence-electron chi connectivity index (χ1n) is 8.51. The molecule has 0 aliphatic rings. The van der Waals surface area contributed by atoms with Crippen molar-refractivity contribution >= 4 is 27.7 Å². The third kappa shape index (κ3) is 2.97. The number of carbonyl (C=O) groups excluding carboxylic acids is 1. The largest absolute Gasteiger partial charge is 0.462 e. The molecule has 4 rings (SSSR count). The molecule has 0 aliphatic heterocycles. The maximum absolute atomic E-state index is 13.4. The van der Waals surface area contributed by atoms with E-state index in [1.807, 2.05) is 12.1 Å². The van der Waals surface area contributed by atoms with Crippen molar-refractivity contribution in [1.29, 1.82) is 0 Å². The highest BCUT2D eigenvalue weighted by molar-refractivity contribution is 6.10. The van der Waals surface area contributed by atoms with E-state index in [-0.39, 0.29) is 18.0 Å². The zero-order chi connectivity index (χ0) is 19.0. The first kappa shape index (κ1) is 17.0. The van der Waals surface area contributed by atoms with E-state index in [1.165, 1.54) is 18.2 Å². The third-order valence-corrected chi connectivity index (χ3v) is 4.41. The van der Waals surface area contributed by atoms with Crippen LogP contribution in [0.25, 0.3) is 32.9 Å². The van der Waals surface area contributed by atoms with Crippen LogP contribution in [0.2, 0.25) is 0 Å². The Kier molecular flexibility index (Phi) is 4.20. The maximum atomic E-state index is 13.4. The first-order chi connectivity index (χ1) is 13.1. The summed E-state index contributed by atoms with van der Waals surface area (Å²) in [5.41, 5.74) is 1.39. The van der Waals surface area contributed by atoms with Crippen LogP contribution in [0.15, 0.2) is 69.9 Å². The lowest BCUT2D eigenvalue weighted by Gasteiger charge is -2.12. The van der Waals surface area contributed by atoms with Crippen molar-refractivity contribution in [3.05, 3.63) is 82.5 Å². The lowest BCUT2D eigenvalue weighted by molar-refractivity contribution is 0.0527. The fourth-order valence-electron chi connectivity index (χ4n) is 3.17. The maximum Gasteiger partial charge on any atom is 0.344 e. The second-order valence-corrected chi connectivity index (χ2v) is 6.06. The Hall–Kier alpha value is -3.47. The predicted molar refractivity (Wildman–Crippen MR) is 101 cm³/mol. The van der Waals surface area contributed by atoms with E-state index in [0.29, 0.717) is 27.5 Å². The smallest absolute Gasteiger partial charge is 0.344 e. The zero-order valence-electron chi connectivity index (χ0n) is 14.5. The van der Waals surface area contributed by atoms with Crippen molar-refractivity contribution in [2.24, 2.45) is 0 Å². The second kappa shape index (κ2) is 6.68. The van der Waals surface area contributed by atoms with E-state index < -0.39 is 11.6 Å². The van der Waals surface area contributed by atoms with Gasteiger partial charge < -0.3 is 9.15 Å². The van der Waals surface area contributed by atoms with Crippen LogP contribution < -0.4 is 5.63 Å². The molecule has 0 amide bonds. The molecule has 1 heterocycles. The van der Waals surface area contributed by atoms with E-state index in [2.05, 4.69) is 0 Å². The number of hydrogen-bond donors (Lipinski definition) is 0. The highest BCUT2D eigenvalue weighted by Crippen LogP contribution is 2.32. The molecule has 5 heteroatoms. The second-order valence-electron chi connectivity index (χ2n) is 6.06. The average Bonchev–Trinajstić information content (AvgIpc) is 2.68. The van der Waals surface area contributed by atoms with E-state index in [9.17, 15) is 14.0 Å². The molecular formula is C22H15FO4. The topological polar surface area (TPSA) is 56.5 Å². The van der Waals surface area contributed by atoms with E-state index in [4.69, 9.17) is 9.15 Å². The molecule has 0 saturated heterocycles. The summed E-state index contributed by atoms with van der Waals surface area (Å²) in [6.45, 7) is 1.91. The van der Waals surface area contributed by atoms with Crippen molar-refractivity contribution < 1.29 is 18.3 Å². The van der Waals surface area contributed by atoms with Gasteiger partial charge >= 0.3 is 11.6 Å². The minimum atomic E-state index is -0.550. The first-order valence-corrected chi connectivity index (χ1v) is 8.51. The number of esters is 1. The average molecular weight is 362 g/mol. The summed E-state index contributed by atoms with van der Waals surface area (Å²) >= 11 is 0. The van der Waals surface area contributed by atoms with Gasteiger partial charge in [-0.25, -0.2) is 14.0 Å². The predicted octanol–water partition coefficient (Wildman–Crippen LogP) is 4.93. The van der Waals surface area contributed by atoms with Crippen LogP contribution in [-0.4, -0.2) is 12.6 Å². The monoisotopic (exact) mass is 362 g/mol. The van der Waals surface area contributed by atoms with Crippen LogP contribution >= 0.6 is 0 Å². The Labute approximate surface area is 153 Å². The molecule has 0 spiro atoms. The number of halogens is 1. The standard InChI is InChI=1S/C22H15FO4/c1-2-26-21(24)18-12-19-17(11-16(18)13-7-9-14(23)10-8-13)15-5-3-4-6-20(15)27-22(19)25/h3-12H,2H2,1H3. The van der Waals surface area contributed by atoms with Gasteiger partial charge in [-0.15, -0.1) is 0 Å². The number of rotatable bonds is 3. The normalized spacial score (nSPS) is 11.0. The van der Waals surface area contributed by atoms with Crippen molar-refractivity contribution in [3.8, 4) is 11.1 Å². The van der Waals surface area contributed by atoms with Crippen LogP contribution in [0.1, 0.15) is 17.3 Å². The Bertz CT molecular complexity index is 1220. The molecule has 4 nitrogen and oxygen atoms in total. The van der Waals surface area contributed by atoms with Crippen LogP contribution in [0.5, 0.6) is 0 Å². The van der Waals surface area contributed by atoms with Gasteiger partial charge in [-0.05, 0) is 48.4 Å². The van der Waals surface area contributed by atoms with Crippen molar-refractivity contribution in [1.82, 2.24) is 0 Å². The van der Waals surface area contributed by atoms with Gasteiger partial charge in [0.15, 0.2) is 0 Å². The fraction of sp³-hybridized carbons (Fsp3) is 0.0909. The number of ether oxygens (including phenoxy) is 1. The van der Waals surface area contributed by atoms with Gasteiger partial charge in [0, 0.05) is 10.8 Å². The third-order valence-electron chi connectivity index (χ3n) is 4.41. The molecule has 0 bridgehead atoms. The van der Waals surface area contributed by atoms with Gasteiger partial charge in [0.2, 0.25) is 0 Å². The van der Waals surface area contributed by atoms with E-state index in [1.54, 1.807) is 37.3 Å². The van der Waals surface area contributed by atoms with Gasteiger partial charge in [0.1, 0.15) is 11.4 Å². The molecule has 27 heavy (non-hydrogen) atoms. The molecule has 1 aromatic heterocycles. The summed E-state index contributed by atoms with van der Waals surface area (Å²) in [5, 5.41) is 1.71. The van der Waals surface area contributed by atoms with Gasteiger partial charge in [0.25, 0.3) is 0 Å². The molecule has 0 unspecified atom stereocenters. The minimum absolute atomic E-state index is 0.200. The highest BCUT2D eigenvalue weighted by atomic mass is 19.1. The molecule has 0 radical (unpaired) electrons. The molecule has 0 fully saturated rings. The lowest BCUT2D eigenvalue weighted by atomic mass is 9.95. The Morgan fingerprint density at radius 3 is 2.48 bits per heavy atom. The number of fused-ring (bicyclic) bond motifs is 3. The molecule has 134 valence electrons. The summed E-state index contributed by atoms with van der Waals surface area (Å²) in [6, 6.07) is 16.3. The number of hydrogen-bond acceptors (Lipinski definition) is 4. The lowest BCUT2D eigenvalue weighted by Crippen LogP contribution is -2.09. The van der Waals surface area contributed by atoms with Crippen LogP contribution in [0.4, 0.5) is 4.39 Å². The SMILES string of the molecule is CCOC(=O)c1cc2c(=O)oc3ccccc3c2cc1-c1ccc(F)cc1. The van der Waals surface area contributed by atoms with Crippen LogP contribution in [-0.2, 0) is 4.74 Å². The number of benzene rings is 3. The van der Waals surface area contributed by atoms with Crippen LogP contribution in [0, 0.1) is 5.82 Å². The number of carbonyl (C=O) groups is 1. The van der Waals surface area contributed by atoms with Gasteiger partial charge in [-0.1, -0.05) is 30.3 Å². The summed E-state index contributed by atoms with van der Waals surface area (Å²) in [5.74, 6) is -0.922. The quantitative estimate of drug-likeness (QED) is 0.295. The molecular weight excluding hydrogens is 347 g/mol. The Morgan fingerprint density at radius 2 is 1.74 bits per heavy atom. The van der Waals surface area contributed by atoms with Gasteiger partial charge in [-0.3, -0.25) is 0 Å². The molecule has 0 saturated carbocycles. The highest BCUT2D eigenvalue weighted by Gasteiger charge is 2.18. The molecule has 4 aromatic rings. The Balaban J connectivity index is 2.10. The minimum Gasteiger partial charge on any atom is -0.462 e. The summed E-state index contributed by atoms with van der Waals surface area (Å²) in [4.78, 5) is 24.9. The summed E-state index contributed by atoms with van der Waals surface area (Å²) in [7, 11) is 0. The van der Waals surface area contributed by atoms with Crippen molar-refractivity contribution in [2.75, 3.05) is 6.61 Å². The molecule has 0 N–H and O–H groups in total. The molecule has 3 aromatic carbocycles. The van der Waals surface area contributed by atoms with E-state index >= 15 is 0 Å². The van der Waals surface area contributed by atoms with Gasteiger partial charge in [0.05, 0.1) is 17.6 Å².